The molecule has 24 valence electrons. The van der Waals surface area contributed by atoms with Gasteiger partial charge in [-0.3, -0.25) is 0 Å². The first-order valence-electron chi connectivity index (χ1n) is 1.07. The molecular formula is C4H2S. The Morgan fingerprint density at radius 3 is 2.40 bits per heavy atom. The molecule has 0 aliphatic carbocycles. The molecule has 0 aromatic carbocycles. The Labute approximate surface area is 36.5 Å². The lowest BCUT2D eigenvalue weighted by Crippen LogP contribution is -1.35. The molecule has 0 spiro atoms. The number of allylic oxidation sites excluding steroid dienone is 1. The van der Waals surface area contributed by atoms with Crippen LogP contribution < -0.4 is 0 Å². The minimum atomic E-state index is 1.34. The van der Waals surface area contributed by atoms with Crippen LogP contribution in [-0.4, -0.2) is 5.02 Å². The largest absolute Gasteiger partial charge is 0.115 e. The lowest BCUT2D eigenvalue weighted by Gasteiger charge is -1.40. The average molecular weight is 82.1 g/mol. The van der Waals surface area contributed by atoms with E-state index in [-0.39, 0.29) is 0 Å². The molecule has 0 N–H and O–H groups in total. The fourth-order valence-electron chi connectivity index (χ4n) is 0.0340. The minimum absolute atomic E-state index is 1.34. The Morgan fingerprint density at radius 2 is 2.40 bits per heavy atom. The molecule has 0 aliphatic rings. The zero-order valence-corrected chi connectivity index (χ0v) is 3.38. The van der Waals surface area contributed by atoms with Crippen LogP contribution in [0.2, 0.25) is 0 Å². The van der Waals surface area contributed by atoms with Gasteiger partial charge in [0.15, 0.2) is 0 Å². The highest BCUT2D eigenvalue weighted by molar-refractivity contribution is 7.78. The summed E-state index contributed by atoms with van der Waals surface area (Å²) in [5.74, 6) is 2.18. The summed E-state index contributed by atoms with van der Waals surface area (Å²) in [6.45, 7) is 0. The Morgan fingerprint density at radius 1 is 1.80 bits per heavy atom. The first-order chi connectivity index (χ1) is 2.41. The number of rotatable bonds is 0. The normalized spacial score (nSPS) is 3.80. The summed E-state index contributed by atoms with van der Waals surface area (Å²) in [5, 5.41) is 2.24. The van der Waals surface area contributed by atoms with Crippen LogP contribution in [0.5, 0.6) is 0 Å². The van der Waals surface area contributed by atoms with E-state index in [9.17, 15) is 0 Å². The standard InChI is InChI=1S/C4H2S/c1-2-3-4-5/h1,3H. The van der Waals surface area contributed by atoms with Crippen LogP contribution >= 0.6 is 12.2 Å². The van der Waals surface area contributed by atoms with Crippen molar-refractivity contribution in [3.8, 4) is 12.3 Å². The SMILES string of the molecule is C#CC=C=S. The van der Waals surface area contributed by atoms with E-state index in [1.165, 1.54) is 6.08 Å². The maximum atomic E-state index is 4.70. The van der Waals surface area contributed by atoms with Crippen molar-refractivity contribution < 1.29 is 0 Å². The van der Waals surface area contributed by atoms with Gasteiger partial charge in [-0.1, -0.05) is 5.92 Å². The van der Waals surface area contributed by atoms with Gasteiger partial charge >= 0.3 is 0 Å². The summed E-state index contributed by atoms with van der Waals surface area (Å²) < 4.78 is 0. The van der Waals surface area contributed by atoms with Gasteiger partial charge in [0.2, 0.25) is 0 Å². The third-order valence-electron chi connectivity index (χ3n) is 0.142. The fourth-order valence-corrected chi connectivity index (χ4v) is 0.102. The maximum Gasteiger partial charge on any atom is 0.0415 e. The molecule has 0 saturated carbocycles. The molecule has 0 aliphatic heterocycles. The molecule has 0 heterocycles. The highest BCUT2D eigenvalue weighted by Gasteiger charge is 1.36. The summed E-state index contributed by atoms with van der Waals surface area (Å²) in [6, 6.07) is 0. The number of hydrogen-bond donors (Lipinski definition) is 0. The maximum absolute atomic E-state index is 4.70. The van der Waals surface area contributed by atoms with Crippen molar-refractivity contribution in [2.75, 3.05) is 0 Å². The Bertz CT molecular complexity index is 90.7. The van der Waals surface area contributed by atoms with Gasteiger partial charge in [0.25, 0.3) is 0 Å². The van der Waals surface area contributed by atoms with E-state index in [1.54, 1.807) is 0 Å². The molecule has 0 fully saturated rings. The van der Waals surface area contributed by atoms with E-state index in [2.05, 4.69) is 23.2 Å². The van der Waals surface area contributed by atoms with Gasteiger partial charge in [-0.05, 0) is 17.2 Å². The van der Waals surface area contributed by atoms with Gasteiger partial charge in [-0.15, -0.1) is 6.42 Å². The van der Waals surface area contributed by atoms with Crippen LogP contribution in [-0.2, 0) is 0 Å². The first kappa shape index (κ1) is 4.43. The van der Waals surface area contributed by atoms with E-state index in [1.807, 2.05) is 0 Å². The fraction of sp³-hybridized carbons (Fsp3) is 0. The van der Waals surface area contributed by atoms with E-state index < -0.39 is 0 Å². The van der Waals surface area contributed by atoms with E-state index >= 15 is 0 Å². The number of terminal acetylenes is 1. The molecule has 0 bridgehead atoms. The van der Waals surface area contributed by atoms with Crippen molar-refractivity contribution in [3.63, 3.8) is 0 Å². The second kappa shape index (κ2) is 3.43. The van der Waals surface area contributed by atoms with Crippen LogP contribution in [0, 0.1) is 12.3 Å². The molecule has 0 unspecified atom stereocenters. The minimum Gasteiger partial charge on any atom is -0.115 e. The zero-order chi connectivity index (χ0) is 4.12. The topological polar surface area (TPSA) is 0 Å². The monoisotopic (exact) mass is 82.0 g/mol. The summed E-state index contributed by atoms with van der Waals surface area (Å²) in [4.78, 5) is 0. The van der Waals surface area contributed by atoms with Gasteiger partial charge in [-0.2, -0.15) is 0 Å². The first-order valence-corrected chi connectivity index (χ1v) is 1.48. The van der Waals surface area contributed by atoms with Crippen LogP contribution in [0.15, 0.2) is 6.08 Å². The molecule has 0 atom stereocenters. The van der Waals surface area contributed by atoms with Crippen molar-refractivity contribution in [2.24, 2.45) is 0 Å². The van der Waals surface area contributed by atoms with Crippen molar-refractivity contribution in [3.05, 3.63) is 6.08 Å². The number of thiocarbonyl (C=S) groups is 1. The smallest absolute Gasteiger partial charge is 0.0415 e. The van der Waals surface area contributed by atoms with Gasteiger partial charge in [0.05, 0.1) is 0 Å². The Hall–Kier alpha value is -0.570. The van der Waals surface area contributed by atoms with Crippen molar-refractivity contribution >= 4 is 17.2 Å². The summed E-state index contributed by atoms with van der Waals surface area (Å²) >= 11 is 4.20. The van der Waals surface area contributed by atoms with Crippen LogP contribution in [0.4, 0.5) is 0 Å². The van der Waals surface area contributed by atoms with Crippen LogP contribution in [0.25, 0.3) is 0 Å². The molecule has 0 amide bonds. The predicted octanol–water partition coefficient (Wildman–Crippen LogP) is 0.774. The summed E-state index contributed by atoms with van der Waals surface area (Å²) in [6.07, 6.45) is 6.05. The number of hydrogen-bond acceptors (Lipinski definition) is 1. The zero-order valence-electron chi connectivity index (χ0n) is 2.56. The summed E-state index contributed by atoms with van der Waals surface area (Å²) in [5.41, 5.74) is 0. The third kappa shape index (κ3) is 3.43. The summed E-state index contributed by atoms with van der Waals surface area (Å²) in [7, 11) is 0. The second-order valence-corrected chi connectivity index (χ2v) is 0.665. The molecule has 0 aromatic heterocycles. The molecule has 0 radical (unpaired) electrons. The van der Waals surface area contributed by atoms with Gasteiger partial charge in [0, 0.05) is 6.08 Å². The highest BCUT2D eigenvalue weighted by Crippen LogP contribution is 1.44. The second-order valence-electron chi connectivity index (χ2n) is 0.429. The van der Waals surface area contributed by atoms with Crippen molar-refractivity contribution in [1.29, 1.82) is 0 Å². The quantitative estimate of drug-likeness (QED) is 0.307. The van der Waals surface area contributed by atoms with Gasteiger partial charge in [-0.25, -0.2) is 0 Å². The van der Waals surface area contributed by atoms with Gasteiger partial charge < -0.3 is 0 Å². The Balaban J connectivity index is 3.46. The van der Waals surface area contributed by atoms with E-state index in [0.717, 1.165) is 0 Å². The lowest BCUT2D eigenvalue weighted by atomic mass is 10.7. The molecule has 0 aromatic rings. The molecule has 5 heavy (non-hydrogen) atoms. The van der Waals surface area contributed by atoms with Gasteiger partial charge in [0.1, 0.15) is 0 Å². The molecule has 0 saturated heterocycles. The van der Waals surface area contributed by atoms with E-state index in [4.69, 9.17) is 6.42 Å². The highest BCUT2D eigenvalue weighted by atomic mass is 32.1. The average Bonchev–Trinajstić information content (AvgIpc) is 1.41. The van der Waals surface area contributed by atoms with Crippen molar-refractivity contribution in [2.45, 2.75) is 0 Å². The van der Waals surface area contributed by atoms with Crippen LogP contribution in [0.1, 0.15) is 0 Å². The lowest BCUT2D eigenvalue weighted by molar-refractivity contribution is 2.47. The molecular weight excluding hydrogens is 80.1 g/mol. The molecule has 0 nitrogen and oxygen atoms in total. The molecule has 1 heteroatoms. The predicted molar refractivity (Wildman–Crippen MR) is 26.0 cm³/mol. The third-order valence-corrected chi connectivity index (χ3v) is 0.260. The Kier molecular flexibility index (Phi) is 3.04. The van der Waals surface area contributed by atoms with Crippen molar-refractivity contribution in [1.82, 2.24) is 0 Å². The van der Waals surface area contributed by atoms with E-state index in [0.29, 0.717) is 0 Å². The van der Waals surface area contributed by atoms with Crippen LogP contribution in [0.3, 0.4) is 0 Å². The molecule has 0 rings (SSSR count).